The van der Waals surface area contributed by atoms with Gasteiger partial charge in [-0.3, -0.25) is 0 Å². The number of phenolic OH excluding ortho intramolecular Hbond substituents is 6. The Balaban J connectivity index is 0.000000294. The average molecular weight is 871 g/mol. The largest absolute Gasteiger partial charge is 0.504 e. The van der Waals surface area contributed by atoms with E-state index in [2.05, 4.69) is 0 Å². The molecular weight excluding hydrogens is 828 g/mol. The van der Waals surface area contributed by atoms with Crippen molar-refractivity contribution >= 4 is 48.1 Å². The molecule has 332 valence electrons. The van der Waals surface area contributed by atoms with Crippen molar-refractivity contribution < 1.29 is 105 Å². The predicted molar refractivity (Wildman–Crippen MR) is 208 cm³/mol. The smallest absolute Gasteiger partial charge is 0.335 e. The minimum absolute atomic E-state index is 0.319. The molecule has 62 heavy (non-hydrogen) atoms. The summed E-state index contributed by atoms with van der Waals surface area (Å²) >= 11 is 0. The maximum Gasteiger partial charge on any atom is 0.335 e. The zero-order valence-corrected chi connectivity index (χ0v) is 32.0. The summed E-state index contributed by atoms with van der Waals surface area (Å²) < 4.78 is 15.2. The van der Waals surface area contributed by atoms with Crippen LogP contribution in [0.2, 0.25) is 0 Å². The Hall–Kier alpha value is -7.17. The molecule has 0 aromatic heterocycles. The second kappa shape index (κ2) is 19.9. The normalized spacial score (nSPS) is 26.0. The van der Waals surface area contributed by atoms with Crippen molar-refractivity contribution in [2.75, 3.05) is 0 Å². The molecule has 5 rings (SSSR count). The Kier molecular flexibility index (Phi) is 15.3. The van der Waals surface area contributed by atoms with Gasteiger partial charge in [0.1, 0.15) is 30.5 Å². The van der Waals surface area contributed by atoms with E-state index in [-0.39, 0.29) is 23.0 Å². The number of phenols is 6. The minimum Gasteiger partial charge on any atom is -0.504 e. The Morgan fingerprint density at radius 1 is 0.468 bits per heavy atom. The van der Waals surface area contributed by atoms with E-state index in [1.807, 2.05) is 0 Å². The Bertz CT molecular complexity index is 2160. The summed E-state index contributed by atoms with van der Waals surface area (Å²) in [5, 5.41) is 125. The molecule has 21 nitrogen and oxygen atoms in total. The second-order valence-electron chi connectivity index (χ2n) is 14.2. The molecule has 0 aliphatic heterocycles. The number of benzene rings is 3. The second-order valence-corrected chi connectivity index (χ2v) is 14.2. The molecule has 0 amide bonds. The van der Waals surface area contributed by atoms with Gasteiger partial charge in [0.05, 0.1) is 6.10 Å². The van der Waals surface area contributed by atoms with Gasteiger partial charge in [0.25, 0.3) is 0 Å². The first-order valence-corrected chi connectivity index (χ1v) is 18.2. The number of hydrogen-bond donors (Lipinski definition) is 13. The van der Waals surface area contributed by atoms with Crippen molar-refractivity contribution in [1.29, 1.82) is 0 Å². The van der Waals surface area contributed by atoms with Crippen molar-refractivity contribution in [2.45, 2.75) is 73.5 Å². The number of carbonyl (C=O) groups excluding carboxylic acids is 3. The third-order valence-corrected chi connectivity index (χ3v) is 9.53. The maximum atomic E-state index is 12.3. The average Bonchev–Trinajstić information content (AvgIpc) is 3.20. The monoisotopic (exact) mass is 870 g/mol. The van der Waals surface area contributed by atoms with Gasteiger partial charge in [0, 0.05) is 43.9 Å². The van der Waals surface area contributed by atoms with Crippen molar-refractivity contribution in [2.24, 2.45) is 0 Å². The number of esters is 3. The van der Waals surface area contributed by atoms with Crippen LogP contribution in [0.15, 0.2) is 72.8 Å². The van der Waals surface area contributed by atoms with E-state index in [4.69, 9.17) is 19.3 Å². The molecule has 21 heteroatoms. The molecule has 6 atom stereocenters. The fraction of sp³-hybridized carbons (Fsp3) is 0.293. The van der Waals surface area contributed by atoms with E-state index < -0.39 is 115 Å². The summed E-state index contributed by atoms with van der Waals surface area (Å²) in [6, 6.07) is 11.3. The number of carboxylic acid groups (broad SMARTS) is 2. The highest BCUT2D eigenvalue weighted by atomic mass is 16.6. The summed E-state index contributed by atoms with van der Waals surface area (Å²) in [5.41, 5.74) is -3.78. The van der Waals surface area contributed by atoms with Crippen LogP contribution >= 0.6 is 0 Å². The predicted octanol–water partition coefficient (Wildman–Crippen LogP) is 0.384. The van der Waals surface area contributed by atoms with Gasteiger partial charge in [-0.1, -0.05) is 18.2 Å². The zero-order chi connectivity index (χ0) is 46.1. The molecule has 3 aromatic rings. The van der Waals surface area contributed by atoms with Crippen LogP contribution in [0, 0.1) is 0 Å². The van der Waals surface area contributed by atoms with Gasteiger partial charge in [-0.25, -0.2) is 24.0 Å². The topological polar surface area (TPSA) is 376 Å². The molecule has 2 aliphatic carbocycles. The Labute approximate surface area is 349 Å². The molecule has 0 saturated heterocycles. The molecule has 13 N–H and O–H groups in total. The summed E-state index contributed by atoms with van der Waals surface area (Å²) in [7, 11) is 0. The van der Waals surface area contributed by atoms with Crippen LogP contribution in [0.5, 0.6) is 34.5 Å². The first-order valence-electron chi connectivity index (χ1n) is 18.2. The molecule has 2 aliphatic rings. The van der Waals surface area contributed by atoms with E-state index in [9.17, 15) is 85.3 Å². The van der Waals surface area contributed by atoms with Gasteiger partial charge in [-0.2, -0.15) is 0 Å². The molecule has 0 unspecified atom stereocenters. The number of rotatable bonds is 11. The van der Waals surface area contributed by atoms with Crippen LogP contribution < -0.4 is 0 Å². The standard InChI is InChI=1S/C25H24O12.C16H18O9/c26-15-5-1-13(9-17(15)28)3-7-21(30)36-19-11-25(35,24(33)34)12-20(23(19)32)37-22(31)8-4-14-2-6-16(27)18(29)10-14;17-9-3-1-8(5-10(9)18)2-4-13(20)25-12-7-16(24,15(22)23)6-11(19)14(12)21/h1-10,19-20,23,26-29,32,35H,11-12H2,(H,33,34);1-5,11-12,14,17-19,21,24H,6-7H2,(H,22,23)/b7-3+,8-4+;4-2+/t19-,20-,23?,25?;11-,12-,14+,16-/m11/s1. The highest BCUT2D eigenvalue weighted by Crippen LogP contribution is 2.35. The van der Waals surface area contributed by atoms with E-state index in [1.165, 1.54) is 72.8 Å². The van der Waals surface area contributed by atoms with Crippen LogP contribution in [0.25, 0.3) is 18.2 Å². The van der Waals surface area contributed by atoms with E-state index in [0.29, 0.717) is 16.7 Å². The zero-order valence-electron chi connectivity index (χ0n) is 32.0. The highest BCUT2D eigenvalue weighted by molar-refractivity contribution is 5.89. The lowest BCUT2D eigenvalue weighted by atomic mass is 9.79. The van der Waals surface area contributed by atoms with Gasteiger partial charge in [0.2, 0.25) is 0 Å². The third kappa shape index (κ3) is 12.4. The van der Waals surface area contributed by atoms with Crippen LogP contribution in [-0.4, -0.2) is 144 Å². The SMILES string of the molecule is O=C(/C=C/c1ccc(O)c(O)c1)O[C@@H]1CC(O)(C(=O)O)C[C@@H](OC(=O)/C=C/c2ccc(O)c(O)c2)C1O.O=C(/C=C/c1ccc(O)c(O)c1)O[C@@H]1C[C@@](O)(C(=O)O)C[C@@H](O)[C@@H]1O. The van der Waals surface area contributed by atoms with Crippen molar-refractivity contribution in [1.82, 2.24) is 0 Å². The number of hydrogen-bond acceptors (Lipinski definition) is 19. The molecule has 2 fully saturated rings. The molecule has 0 bridgehead atoms. The lowest BCUT2D eigenvalue weighted by Gasteiger charge is -2.40. The number of carboxylic acids is 2. The number of aromatic hydroxyl groups is 6. The number of carbonyl (C=O) groups is 5. The summed E-state index contributed by atoms with van der Waals surface area (Å²) in [5.74, 6) is -8.55. The quantitative estimate of drug-likeness (QED) is 0.0536. The van der Waals surface area contributed by atoms with Crippen LogP contribution in [0.4, 0.5) is 0 Å². The number of aliphatic hydroxyl groups is 5. The van der Waals surface area contributed by atoms with Crippen molar-refractivity contribution in [3.05, 3.63) is 89.5 Å². The van der Waals surface area contributed by atoms with Gasteiger partial charge in [0.15, 0.2) is 45.7 Å². The lowest BCUT2D eigenvalue weighted by molar-refractivity contribution is -0.203. The number of aliphatic hydroxyl groups excluding tert-OH is 3. The number of aliphatic carboxylic acids is 2. The third-order valence-electron chi connectivity index (χ3n) is 9.53. The van der Waals surface area contributed by atoms with Gasteiger partial charge >= 0.3 is 29.8 Å². The maximum absolute atomic E-state index is 12.3. The van der Waals surface area contributed by atoms with Crippen molar-refractivity contribution in [3.63, 3.8) is 0 Å². The van der Waals surface area contributed by atoms with Crippen molar-refractivity contribution in [3.8, 4) is 34.5 Å². The highest BCUT2D eigenvalue weighted by Gasteiger charge is 2.53. The molecular formula is C41H42O21. The molecule has 2 saturated carbocycles. The van der Waals surface area contributed by atoms with Crippen LogP contribution in [-0.2, 0) is 38.2 Å². The van der Waals surface area contributed by atoms with E-state index in [0.717, 1.165) is 18.2 Å². The molecule has 0 spiro atoms. The molecule has 3 aromatic carbocycles. The van der Waals surface area contributed by atoms with Gasteiger partial charge < -0.3 is 80.6 Å². The van der Waals surface area contributed by atoms with E-state index >= 15 is 0 Å². The summed E-state index contributed by atoms with van der Waals surface area (Å²) in [4.78, 5) is 59.1. The fourth-order valence-corrected chi connectivity index (χ4v) is 6.16. The Morgan fingerprint density at radius 3 is 1.05 bits per heavy atom. The summed E-state index contributed by atoms with van der Waals surface area (Å²) in [6.07, 6.45) is -5.30. The fourth-order valence-electron chi connectivity index (χ4n) is 6.16. The molecule has 0 radical (unpaired) electrons. The number of ether oxygens (including phenoxy) is 3. The summed E-state index contributed by atoms with van der Waals surface area (Å²) in [6.45, 7) is 0. The first-order chi connectivity index (χ1) is 29.0. The van der Waals surface area contributed by atoms with Gasteiger partial charge in [-0.05, 0) is 71.3 Å². The van der Waals surface area contributed by atoms with Crippen LogP contribution in [0.1, 0.15) is 42.4 Å². The lowest BCUT2D eigenvalue weighted by Crippen LogP contribution is -2.58. The minimum atomic E-state index is -2.48. The first kappa shape index (κ1) is 47.5. The Morgan fingerprint density at radius 2 is 0.758 bits per heavy atom. The molecule has 0 heterocycles. The van der Waals surface area contributed by atoms with E-state index in [1.54, 1.807) is 0 Å². The van der Waals surface area contributed by atoms with Gasteiger partial charge in [-0.15, -0.1) is 0 Å². The van der Waals surface area contributed by atoms with Crippen LogP contribution in [0.3, 0.4) is 0 Å².